The molecule has 0 radical (unpaired) electrons. The third-order valence-electron chi connectivity index (χ3n) is 1.83. The summed E-state index contributed by atoms with van der Waals surface area (Å²) >= 11 is 5.56. The highest BCUT2D eigenvalue weighted by Crippen LogP contribution is 2.31. The van der Waals surface area contributed by atoms with Crippen LogP contribution in [0, 0.1) is 0 Å². The zero-order valence-corrected chi connectivity index (χ0v) is 9.12. The van der Waals surface area contributed by atoms with Crippen LogP contribution in [0.3, 0.4) is 0 Å². The molecule has 1 aromatic rings. The van der Waals surface area contributed by atoms with E-state index in [1.807, 2.05) is 0 Å². The molecule has 0 heterocycles. The molecule has 0 fully saturated rings. The first-order valence-electron chi connectivity index (χ1n) is 4.40. The standard InChI is InChI=1S/C10H9ClF3NO/c1-6(16)15-5-7-2-8(10(12,13)14)4-9(11)3-7/h2-4H,5H2,1H3,(H,15,16). The summed E-state index contributed by atoms with van der Waals surface area (Å²) in [6.07, 6.45) is -4.43. The zero-order valence-electron chi connectivity index (χ0n) is 8.36. The fourth-order valence-corrected chi connectivity index (χ4v) is 1.40. The Kier molecular flexibility index (Phi) is 3.80. The first-order valence-corrected chi connectivity index (χ1v) is 4.78. The van der Waals surface area contributed by atoms with Gasteiger partial charge in [-0.05, 0) is 23.8 Å². The number of hydrogen-bond acceptors (Lipinski definition) is 1. The minimum atomic E-state index is -4.43. The van der Waals surface area contributed by atoms with Crippen LogP contribution >= 0.6 is 11.6 Å². The number of alkyl halides is 3. The van der Waals surface area contributed by atoms with Crippen LogP contribution in [-0.2, 0) is 17.5 Å². The van der Waals surface area contributed by atoms with Gasteiger partial charge in [0.1, 0.15) is 0 Å². The van der Waals surface area contributed by atoms with Gasteiger partial charge >= 0.3 is 6.18 Å². The molecule has 0 saturated carbocycles. The van der Waals surface area contributed by atoms with Crippen LogP contribution in [0.15, 0.2) is 18.2 Å². The van der Waals surface area contributed by atoms with E-state index in [0.717, 1.165) is 12.1 Å². The van der Waals surface area contributed by atoms with Gasteiger partial charge in [-0.25, -0.2) is 0 Å². The van der Waals surface area contributed by atoms with Crippen LogP contribution in [0.5, 0.6) is 0 Å². The Morgan fingerprint density at radius 3 is 2.50 bits per heavy atom. The van der Waals surface area contributed by atoms with Crippen LogP contribution in [0.2, 0.25) is 5.02 Å². The Morgan fingerprint density at radius 1 is 1.38 bits per heavy atom. The molecular weight excluding hydrogens is 243 g/mol. The van der Waals surface area contributed by atoms with E-state index in [0.29, 0.717) is 5.56 Å². The highest BCUT2D eigenvalue weighted by molar-refractivity contribution is 6.30. The Bertz CT molecular complexity index is 404. The van der Waals surface area contributed by atoms with Crippen molar-refractivity contribution in [2.24, 2.45) is 0 Å². The summed E-state index contributed by atoms with van der Waals surface area (Å²) in [5, 5.41) is 2.40. The molecule has 1 aromatic carbocycles. The van der Waals surface area contributed by atoms with Crippen molar-refractivity contribution in [3.63, 3.8) is 0 Å². The molecule has 0 aromatic heterocycles. The molecule has 0 saturated heterocycles. The third kappa shape index (κ3) is 3.73. The van der Waals surface area contributed by atoms with E-state index < -0.39 is 11.7 Å². The first-order chi connectivity index (χ1) is 7.29. The van der Waals surface area contributed by atoms with Gasteiger partial charge in [-0.2, -0.15) is 13.2 Å². The van der Waals surface area contributed by atoms with Crippen molar-refractivity contribution >= 4 is 17.5 Å². The Morgan fingerprint density at radius 2 is 2.00 bits per heavy atom. The summed E-state index contributed by atoms with van der Waals surface area (Å²) in [6.45, 7) is 1.31. The lowest BCUT2D eigenvalue weighted by Crippen LogP contribution is -2.19. The maximum Gasteiger partial charge on any atom is 0.416 e. The SMILES string of the molecule is CC(=O)NCc1cc(Cl)cc(C(F)(F)F)c1. The fourth-order valence-electron chi connectivity index (χ4n) is 1.14. The summed E-state index contributed by atoms with van der Waals surface area (Å²) < 4.78 is 37.2. The molecule has 0 aliphatic rings. The molecule has 1 N–H and O–H groups in total. The van der Waals surface area contributed by atoms with Crippen molar-refractivity contribution in [2.75, 3.05) is 0 Å². The van der Waals surface area contributed by atoms with E-state index in [1.54, 1.807) is 0 Å². The van der Waals surface area contributed by atoms with E-state index in [2.05, 4.69) is 5.32 Å². The average molecular weight is 252 g/mol. The normalized spacial score (nSPS) is 11.3. The van der Waals surface area contributed by atoms with Gasteiger partial charge in [0.15, 0.2) is 0 Å². The van der Waals surface area contributed by atoms with Gasteiger partial charge in [0.25, 0.3) is 0 Å². The average Bonchev–Trinajstić information content (AvgIpc) is 2.12. The summed E-state index contributed by atoms with van der Waals surface area (Å²) in [4.78, 5) is 10.6. The third-order valence-corrected chi connectivity index (χ3v) is 2.04. The lowest BCUT2D eigenvalue weighted by Gasteiger charge is -2.10. The topological polar surface area (TPSA) is 29.1 Å². The highest BCUT2D eigenvalue weighted by Gasteiger charge is 2.31. The maximum absolute atomic E-state index is 12.4. The molecular formula is C10H9ClF3NO. The summed E-state index contributed by atoms with van der Waals surface area (Å²) in [7, 11) is 0. The van der Waals surface area contributed by atoms with Gasteiger partial charge in [0.2, 0.25) is 5.91 Å². The molecule has 1 amide bonds. The smallest absolute Gasteiger partial charge is 0.352 e. The van der Waals surface area contributed by atoms with E-state index in [-0.39, 0.29) is 17.5 Å². The van der Waals surface area contributed by atoms with Crippen LogP contribution < -0.4 is 5.32 Å². The Labute approximate surface area is 95.4 Å². The number of carbonyl (C=O) groups excluding carboxylic acids is 1. The fraction of sp³-hybridized carbons (Fsp3) is 0.300. The minimum absolute atomic E-state index is 0.00447. The molecule has 1 rings (SSSR count). The summed E-state index contributed by atoms with van der Waals surface area (Å²) in [6, 6.07) is 3.19. The summed E-state index contributed by atoms with van der Waals surface area (Å²) in [5.74, 6) is -0.312. The molecule has 0 aliphatic heterocycles. The monoisotopic (exact) mass is 251 g/mol. The maximum atomic E-state index is 12.4. The Balaban J connectivity index is 2.94. The van der Waals surface area contributed by atoms with Gasteiger partial charge in [-0.1, -0.05) is 11.6 Å². The van der Waals surface area contributed by atoms with Gasteiger partial charge in [-0.15, -0.1) is 0 Å². The number of rotatable bonds is 2. The molecule has 0 atom stereocenters. The van der Waals surface area contributed by atoms with Crippen molar-refractivity contribution < 1.29 is 18.0 Å². The van der Waals surface area contributed by atoms with E-state index in [1.165, 1.54) is 13.0 Å². The second-order valence-electron chi connectivity index (χ2n) is 3.26. The predicted molar refractivity (Wildman–Crippen MR) is 54.0 cm³/mol. The van der Waals surface area contributed by atoms with Crippen LogP contribution in [0.1, 0.15) is 18.1 Å². The van der Waals surface area contributed by atoms with E-state index in [9.17, 15) is 18.0 Å². The van der Waals surface area contributed by atoms with Crippen molar-refractivity contribution in [3.05, 3.63) is 34.3 Å². The van der Waals surface area contributed by atoms with Crippen molar-refractivity contribution in [1.82, 2.24) is 5.32 Å². The second kappa shape index (κ2) is 4.74. The molecule has 16 heavy (non-hydrogen) atoms. The number of hydrogen-bond donors (Lipinski definition) is 1. The van der Waals surface area contributed by atoms with E-state index >= 15 is 0 Å². The van der Waals surface area contributed by atoms with Gasteiger partial charge in [0, 0.05) is 18.5 Å². The quantitative estimate of drug-likeness (QED) is 0.860. The van der Waals surface area contributed by atoms with Crippen LogP contribution in [0.4, 0.5) is 13.2 Å². The first kappa shape index (κ1) is 12.8. The molecule has 2 nitrogen and oxygen atoms in total. The summed E-state index contributed by atoms with van der Waals surface area (Å²) in [5.41, 5.74) is -0.504. The number of amides is 1. The molecule has 0 unspecified atom stereocenters. The zero-order chi connectivity index (χ0) is 12.3. The van der Waals surface area contributed by atoms with Crippen molar-refractivity contribution in [1.29, 1.82) is 0 Å². The molecule has 6 heteroatoms. The van der Waals surface area contributed by atoms with Crippen molar-refractivity contribution in [2.45, 2.75) is 19.6 Å². The number of nitrogens with one attached hydrogen (secondary N) is 1. The Hall–Kier alpha value is -1.23. The van der Waals surface area contributed by atoms with Gasteiger partial charge < -0.3 is 5.32 Å². The van der Waals surface area contributed by atoms with E-state index in [4.69, 9.17) is 11.6 Å². The van der Waals surface area contributed by atoms with Gasteiger partial charge in [-0.3, -0.25) is 4.79 Å². The van der Waals surface area contributed by atoms with Gasteiger partial charge in [0.05, 0.1) is 5.56 Å². The lowest BCUT2D eigenvalue weighted by molar-refractivity contribution is -0.137. The van der Waals surface area contributed by atoms with Crippen molar-refractivity contribution in [3.8, 4) is 0 Å². The van der Waals surface area contributed by atoms with Crippen LogP contribution in [-0.4, -0.2) is 5.91 Å². The largest absolute Gasteiger partial charge is 0.416 e. The second-order valence-corrected chi connectivity index (χ2v) is 3.69. The molecule has 0 aliphatic carbocycles. The minimum Gasteiger partial charge on any atom is -0.352 e. The van der Waals surface area contributed by atoms with Crippen LogP contribution in [0.25, 0.3) is 0 Å². The number of carbonyl (C=O) groups is 1. The predicted octanol–water partition coefficient (Wildman–Crippen LogP) is 2.99. The molecule has 88 valence electrons. The molecule has 0 spiro atoms. The number of halogens is 4. The molecule has 0 bridgehead atoms. The number of benzene rings is 1. The lowest BCUT2D eigenvalue weighted by atomic mass is 10.1. The highest BCUT2D eigenvalue weighted by atomic mass is 35.5.